The monoisotopic (exact) mass is 226 g/mol. The van der Waals surface area contributed by atoms with Crippen molar-refractivity contribution >= 4 is 23.1 Å². The molecule has 0 N–H and O–H groups in total. The highest BCUT2D eigenvalue weighted by atomic mass is 32.2. The van der Waals surface area contributed by atoms with Crippen molar-refractivity contribution in [2.24, 2.45) is 0 Å². The molecule has 1 rings (SSSR count). The normalized spacial score (nSPS) is 9.27. The Bertz CT molecular complexity index is 469. The molecule has 0 fully saturated rings. The molecule has 0 aliphatic rings. The fourth-order valence-electron chi connectivity index (χ4n) is 0.782. The van der Waals surface area contributed by atoms with E-state index in [9.17, 15) is 20.2 Å². The van der Waals surface area contributed by atoms with E-state index in [2.05, 4.69) is 4.98 Å². The molecule has 0 saturated carbocycles. The number of nitrogens with zero attached hydrogens (tertiary/aromatic N) is 4. The molecule has 0 spiro atoms. The molecule has 0 bridgehead atoms. The molecule has 0 radical (unpaired) electrons. The van der Waals surface area contributed by atoms with Crippen LogP contribution in [0.15, 0.2) is 17.3 Å². The van der Waals surface area contributed by atoms with Gasteiger partial charge in [-0.3, -0.25) is 20.2 Å². The fraction of sp³-hybridized carbons (Fsp3) is 0. The standard InChI is InChI=1S/C6H2N4O4S/c7-3-15-6-5(10(13)14)1-4(2-8-6)9(11)12/h1-2H. The van der Waals surface area contributed by atoms with Crippen molar-refractivity contribution < 1.29 is 9.85 Å². The van der Waals surface area contributed by atoms with Crippen LogP contribution in [-0.2, 0) is 0 Å². The van der Waals surface area contributed by atoms with Crippen LogP contribution in [0.3, 0.4) is 0 Å². The summed E-state index contributed by atoms with van der Waals surface area (Å²) in [5.41, 5.74) is -1.03. The number of nitro groups is 2. The lowest BCUT2D eigenvalue weighted by atomic mass is 10.4. The maximum atomic E-state index is 10.5. The zero-order chi connectivity index (χ0) is 11.4. The van der Waals surface area contributed by atoms with E-state index in [1.807, 2.05) is 0 Å². The van der Waals surface area contributed by atoms with Crippen LogP contribution in [0.4, 0.5) is 11.4 Å². The fourth-order valence-corrected chi connectivity index (χ4v) is 1.21. The number of hydrogen-bond acceptors (Lipinski definition) is 7. The van der Waals surface area contributed by atoms with Crippen molar-refractivity contribution in [1.29, 1.82) is 5.26 Å². The van der Waals surface area contributed by atoms with Gasteiger partial charge in [0, 0.05) is 11.8 Å². The van der Waals surface area contributed by atoms with Gasteiger partial charge in [-0.05, 0) is 0 Å². The summed E-state index contributed by atoms with van der Waals surface area (Å²) in [4.78, 5) is 22.7. The van der Waals surface area contributed by atoms with Crippen molar-refractivity contribution in [3.8, 4) is 5.40 Å². The first-order valence-electron chi connectivity index (χ1n) is 3.41. The van der Waals surface area contributed by atoms with Gasteiger partial charge in [0.2, 0.25) is 0 Å². The minimum atomic E-state index is -0.820. The molecule has 0 atom stereocenters. The predicted molar refractivity (Wildman–Crippen MR) is 49.0 cm³/mol. The summed E-state index contributed by atoms with van der Waals surface area (Å²) in [6, 6.07) is 0.771. The van der Waals surface area contributed by atoms with E-state index in [4.69, 9.17) is 5.26 Å². The number of thiocyanates is 1. The molecule has 0 amide bonds. The zero-order valence-electron chi connectivity index (χ0n) is 6.98. The SMILES string of the molecule is N#CSc1ncc([N+](=O)[O-])cc1[N+](=O)[O-]. The molecule has 1 aromatic rings. The Balaban J connectivity index is 3.28. The number of hydrogen-bond donors (Lipinski definition) is 0. The Kier molecular flexibility index (Phi) is 3.14. The molecule has 0 saturated heterocycles. The summed E-state index contributed by atoms with van der Waals surface area (Å²) >= 11 is 0.481. The van der Waals surface area contributed by atoms with Gasteiger partial charge in [0.15, 0.2) is 5.03 Å². The number of thioether (sulfide) groups is 1. The predicted octanol–water partition coefficient (Wildman–Crippen LogP) is 1.47. The van der Waals surface area contributed by atoms with Gasteiger partial charge in [0.25, 0.3) is 5.69 Å². The molecule has 15 heavy (non-hydrogen) atoms. The van der Waals surface area contributed by atoms with E-state index >= 15 is 0 Å². The van der Waals surface area contributed by atoms with E-state index in [0.29, 0.717) is 11.8 Å². The van der Waals surface area contributed by atoms with Crippen LogP contribution in [0, 0.1) is 30.9 Å². The largest absolute Gasteiger partial charge is 0.309 e. The third kappa shape index (κ3) is 2.38. The van der Waals surface area contributed by atoms with Crippen LogP contribution >= 0.6 is 11.8 Å². The molecule has 9 heteroatoms. The van der Waals surface area contributed by atoms with Crippen molar-refractivity contribution in [1.82, 2.24) is 4.98 Å². The summed E-state index contributed by atoms with van der Waals surface area (Å²) in [5.74, 6) is 0. The maximum absolute atomic E-state index is 10.5. The first-order chi connectivity index (χ1) is 7.06. The summed E-state index contributed by atoms with van der Waals surface area (Å²) in [6.45, 7) is 0. The van der Waals surface area contributed by atoms with E-state index in [1.54, 1.807) is 5.40 Å². The van der Waals surface area contributed by atoms with Crippen molar-refractivity contribution in [3.63, 3.8) is 0 Å². The lowest BCUT2D eigenvalue weighted by molar-refractivity contribution is -0.396. The average molecular weight is 226 g/mol. The molecular weight excluding hydrogens is 224 g/mol. The van der Waals surface area contributed by atoms with Crippen molar-refractivity contribution in [2.45, 2.75) is 5.03 Å². The van der Waals surface area contributed by atoms with E-state index in [-0.39, 0.29) is 5.03 Å². The lowest BCUT2D eigenvalue weighted by Crippen LogP contribution is -1.96. The smallest absolute Gasteiger partial charge is 0.258 e. The van der Waals surface area contributed by atoms with Crippen molar-refractivity contribution in [3.05, 3.63) is 32.5 Å². The lowest BCUT2D eigenvalue weighted by Gasteiger charge is -1.95. The van der Waals surface area contributed by atoms with E-state index < -0.39 is 21.2 Å². The topological polar surface area (TPSA) is 123 Å². The van der Waals surface area contributed by atoms with Crippen LogP contribution in [0.5, 0.6) is 0 Å². The second kappa shape index (κ2) is 4.34. The summed E-state index contributed by atoms with van der Waals surface area (Å²) in [5, 5.41) is 30.6. The Labute approximate surface area is 86.8 Å². The van der Waals surface area contributed by atoms with E-state index in [0.717, 1.165) is 12.3 Å². The summed E-state index contributed by atoms with van der Waals surface area (Å²) in [6.07, 6.45) is 0.868. The number of aromatic nitrogens is 1. The van der Waals surface area contributed by atoms with Crippen LogP contribution in [0.25, 0.3) is 0 Å². The van der Waals surface area contributed by atoms with Crippen LogP contribution in [-0.4, -0.2) is 14.8 Å². The quantitative estimate of drug-likeness (QED) is 0.330. The van der Waals surface area contributed by atoms with Gasteiger partial charge in [-0.15, -0.1) is 0 Å². The number of nitriles is 1. The van der Waals surface area contributed by atoms with Crippen molar-refractivity contribution in [2.75, 3.05) is 0 Å². The minimum Gasteiger partial charge on any atom is -0.258 e. The summed E-state index contributed by atoms with van der Waals surface area (Å²) in [7, 11) is 0. The highest BCUT2D eigenvalue weighted by Crippen LogP contribution is 2.29. The summed E-state index contributed by atoms with van der Waals surface area (Å²) < 4.78 is 0. The Morgan fingerprint density at radius 3 is 2.53 bits per heavy atom. The minimum absolute atomic E-state index is 0.159. The molecular formula is C6H2N4O4S. The third-order valence-corrected chi connectivity index (χ3v) is 1.97. The van der Waals surface area contributed by atoms with Gasteiger partial charge in [-0.1, -0.05) is 0 Å². The molecule has 0 unspecified atom stereocenters. The average Bonchev–Trinajstić information content (AvgIpc) is 2.18. The highest BCUT2D eigenvalue weighted by molar-refractivity contribution is 8.03. The van der Waals surface area contributed by atoms with Crippen LogP contribution < -0.4 is 0 Å². The first-order valence-corrected chi connectivity index (χ1v) is 4.22. The molecule has 0 aromatic carbocycles. The molecule has 76 valence electrons. The molecule has 0 aliphatic heterocycles. The molecule has 8 nitrogen and oxygen atoms in total. The number of pyridine rings is 1. The van der Waals surface area contributed by atoms with Gasteiger partial charge in [-0.25, -0.2) is 4.98 Å². The highest BCUT2D eigenvalue weighted by Gasteiger charge is 2.21. The number of rotatable bonds is 3. The van der Waals surface area contributed by atoms with Gasteiger partial charge in [-0.2, -0.15) is 5.26 Å². The van der Waals surface area contributed by atoms with Crippen LogP contribution in [0.1, 0.15) is 0 Å². The molecule has 1 aromatic heterocycles. The molecule has 1 heterocycles. The van der Waals surface area contributed by atoms with Crippen LogP contribution in [0.2, 0.25) is 0 Å². The first kappa shape index (κ1) is 10.9. The van der Waals surface area contributed by atoms with Gasteiger partial charge in [0.05, 0.1) is 15.9 Å². The van der Waals surface area contributed by atoms with Gasteiger partial charge in [0.1, 0.15) is 11.6 Å². The third-order valence-electron chi connectivity index (χ3n) is 1.37. The Morgan fingerprint density at radius 1 is 1.40 bits per heavy atom. The van der Waals surface area contributed by atoms with Gasteiger partial charge < -0.3 is 0 Å². The van der Waals surface area contributed by atoms with Gasteiger partial charge >= 0.3 is 5.69 Å². The molecule has 0 aliphatic carbocycles. The Hall–Kier alpha value is -2.21. The second-order valence-corrected chi connectivity index (χ2v) is 3.00. The second-order valence-electron chi connectivity index (χ2n) is 2.23. The zero-order valence-corrected chi connectivity index (χ0v) is 7.80. The van der Waals surface area contributed by atoms with E-state index in [1.165, 1.54) is 0 Å². The Morgan fingerprint density at radius 2 is 2.07 bits per heavy atom. The maximum Gasteiger partial charge on any atom is 0.309 e.